The van der Waals surface area contributed by atoms with Gasteiger partial charge >= 0.3 is 0 Å². The average Bonchev–Trinajstić information content (AvgIpc) is 1.79. The molecule has 3 nitrogen and oxygen atoms in total. The van der Waals surface area contributed by atoms with Gasteiger partial charge in [-0.3, -0.25) is 11.3 Å². The first kappa shape index (κ1) is 6.99. The summed E-state index contributed by atoms with van der Waals surface area (Å²) in [6, 6.07) is 0. The van der Waals surface area contributed by atoms with Gasteiger partial charge in [0.25, 0.3) is 0 Å². The van der Waals surface area contributed by atoms with Gasteiger partial charge in [-0.25, -0.2) is 0 Å². The molecule has 0 aliphatic heterocycles. The number of rotatable bonds is 3. The van der Waals surface area contributed by atoms with Crippen molar-refractivity contribution >= 4 is 0 Å². The quantitative estimate of drug-likeness (QED) is 0.418. The van der Waals surface area contributed by atoms with Crippen LogP contribution in [0.15, 0.2) is 0 Å². The summed E-state index contributed by atoms with van der Waals surface area (Å²) in [6.07, 6.45) is 3.57. The SMILES string of the molecule is COCC1(NN)CCC1. The van der Waals surface area contributed by atoms with Gasteiger partial charge in [0.2, 0.25) is 0 Å². The van der Waals surface area contributed by atoms with Crippen LogP contribution in [0.4, 0.5) is 0 Å². The predicted octanol–water partition coefficient (Wildman–Crippen LogP) is 0.0188. The first-order valence-electron chi connectivity index (χ1n) is 3.30. The van der Waals surface area contributed by atoms with E-state index in [-0.39, 0.29) is 5.54 Å². The summed E-state index contributed by atoms with van der Waals surface area (Å²) in [4.78, 5) is 0. The fourth-order valence-corrected chi connectivity index (χ4v) is 1.21. The molecule has 0 spiro atoms. The topological polar surface area (TPSA) is 47.3 Å². The highest BCUT2D eigenvalue weighted by molar-refractivity contribution is 4.93. The van der Waals surface area contributed by atoms with E-state index >= 15 is 0 Å². The van der Waals surface area contributed by atoms with Crippen molar-refractivity contribution in [1.29, 1.82) is 0 Å². The molecule has 0 bridgehead atoms. The fourth-order valence-electron chi connectivity index (χ4n) is 1.21. The average molecular weight is 130 g/mol. The van der Waals surface area contributed by atoms with E-state index in [1.165, 1.54) is 6.42 Å². The summed E-state index contributed by atoms with van der Waals surface area (Å²) in [5.74, 6) is 5.32. The highest BCUT2D eigenvalue weighted by atomic mass is 16.5. The van der Waals surface area contributed by atoms with Crippen molar-refractivity contribution in [3.63, 3.8) is 0 Å². The lowest BCUT2D eigenvalue weighted by atomic mass is 9.78. The van der Waals surface area contributed by atoms with Gasteiger partial charge in [-0.05, 0) is 19.3 Å². The Balaban J connectivity index is 2.28. The van der Waals surface area contributed by atoms with Gasteiger partial charge in [-0.1, -0.05) is 0 Å². The lowest BCUT2D eigenvalue weighted by Crippen LogP contribution is -2.57. The summed E-state index contributed by atoms with van der Waals surface area (Å²) in [6.45, 7) is 0.740. The third-order valence-corrected chi connectivity index (χ3v) is 2.04. The van der Waals surface area contributed by atoms with Gasteiger partial charge in [-0.15, -0.1) is 0 Å². The highest BCUT2D eigenvalue weighted by Crippen LogP contribution is 2.30. The minimum Gasteiger partial charge on any atom is -0.383 e. The first-order chi connectivity index (χ1) is 4.33. The van der Waals surface area contributed by atoms with Crippen molar-refractivity contribution < 1.29 is 4.74 Å². The number of ether oxygens (including phenoxy) is 1. The molecule has 0 atom stereocenters. The molecule has 0 heterocycles. The number of hydrogen-bond donors (Lipinski definition) is 2. The van der Waals surface area contributed by atoms with E-state index in [9.17, 15) is 0 Å². The van der Waals surface area contributed by atoms with Crippen LogP contribution in [0, 0.1) is 0 Å². The van der Waals surface area contributed by atoms with Crippen LogP contribution in [0.2, 0.25) is 0 Å². The molecule has 0 aromatic carbocycles. The molecule has 1 fully saturated rings. The molecule has 54 valence electrons. The van der Waals surface area contributed by atoms with E-state index < -0.39 is 0 Å². The summed E-state index contributed by atoms with van der Waals surface area (Å²) in [7, 11) is 1.71. The molecule has 3 heteroatoms. The molecule has 0 aromatic rings. The number of methoxy groups -OCH3 is 1. The summed E-state index contributed by atoms with van der Waals surface area (Å²) >= 11 is 0. The molecule has 0 radical (unpaired) electrons. The standard InChI is InChI=1S/C6H14N2O/c1-9-5-6(8-7)3-2-4-6/h8H,2-5,7H2,1H3. The summed E-state index contributed by atoms with van der Waals surface area (Å²) in [5, 5.41) is 0. The molecule has 0 saturated heterocycles. The van der Waals surface area contributed by atoms with Crippen LogP contribution in [0.25, 0.3) is 0 Å². The maximum atomic E-state index is 5.32. The number of hydrogen-bond acceptors (Lipinski definition) is 3. The fraction of sp³-hybridized carbons (Fsp3) is 1.00. The van der Waals surface area contributed by atoms with Crippen molar-refractivity contribution in [3.8, 4) is 0 Å². The Bertz CT molecular complexity index is 85.5. The molecule has 9 heavy (non-hydrogen) atoms. The minimum atomic E-state index is 0.120. The lowest BCUT2D eigenvalue weighted by molar-refractivity contribution is 0.0566. The van der Waals surface area contributed by atoms with Gasteiger partial charge in [0.15, 0.2) is 0 Å². The van der Waals surface area contributed by atoms with E-state index in [2.05, 4.69) is 5.43 Å². The summed E-state index contributed by atoms with van der Waals surface area (Å²) < 4.78 is 5.00. The van der Waals surface area contributed by atoms with Crippen molar-refractivity contribution in [1.82, 2.24) is 5.43 Å². The Morgan fingerprint density at radius 2 is 2.33 bits per heavy atom. The van der Waals surface area contributed by atoms with Crippen molar-refractivity contribution in [2.45, 2.75) is 24.8 Å². The second-order valence-corrected chi connectivity index (χ2v) is 2.71. The van der Waals surface area contributed by atoms with Crippen LogP contribution in [-0.2, 0) is 4.74 Å². The Morgan fingerprint density at radius 1 is 1.67 bits per heavy atom. The Morgan fingerprint density at radius 3 is 2.44 bits per heavy atom. The van der Waals surface area contributed by atoms with Crippen molar-refractivity contribution in [2.24, 2.45) is 5.84 Å². The maximum absolute atomic E-state index is 5.32. The van der Waals surface area contributed by atoms with Gasteiger partial charge in [0, 0.05) is 7.11 Å². The second kappa shape index (κ2) is 2.64. The largest absolute Gasteiger partial charge is 0.383 e. The highest BCUT2D eigenvalue weighted by Gasteiger charge is 2.35. The molecule has 1 aliphatic carbocycles. The van der Waals surface area contributed by atoms with Gasteiger partial charge in [-0.2, -0.15) is 0 Å². The molecule has 0 amide bonds. The van der Waals surface area contributed by atoms with Crippen LogP contribution in [0.5, 0.6) is 0 Å². The maximum Gasteiger partial charge on any atom is 0.0657 e. The molecule has 3 N–H and O–H groups in total. The molecule has 0 unspecified atom stereocenters. The predicted molar refractivity (Wildman–Crippen MR) is 35.8 cm³/mol. The zero-order valence-electron chi connectivity index (χ0n) is 5.81. The number of nitrogens with one attached hydrogen (secondary N) is 1. The third-order valence-electron chi connectivity index (χ3n) is 2.04. The second-order valence-electron chi connectivity index (χ2n) is 2.71. The number of hydrazine groups is 1. The molecule has 0 aromatic heterocycles. The van der Waals surface area contributed by atoms with E-state index in [1.54, 1.807) is 7.11 Å². The van der Waals surface area contributed by atoms with E-state index in [0.29, 0.717) is 0 Å². The molecule has 1 rings (SSSR count). The van der Waals surface area contributed by atoms with Crippen molar-refractivity contribution in [3.05, 3.63) is 0 Å². The van der Waals surface area contributed by atoms with Gasteiger partial charge in [0.1, 0.15) is 0 Å². The molecule has 1 saturated carbocycles. The summed E-state index contributed by atoms with van der Waals surface area (Å²) in [5.41, 5.74) is 2.91. The first-order valence-corrected chi connectivity index (χ1v) is 3.30. The van der Waals surface area contributed by atoms with E-state index in [0.717, 1.165) is 19.4 Å². The normalized spacial score (nSPS) is 23.3. The van der Waals surface area contributed by atoms with Gasteiger partial charge in [0.05, 0.1) is 12.1 Å². The Hall–Kier alpha value is -0.120. The molecule has 1 aliphatic rings. The van der Waals surface area contributed by atoms with Crippen LogP contribution < -0.4 is 11.3 Å². The Kier molecular flexibility index (Phi) is 2.05. The zero-order valence-corrected chi connectivity index (χ0v) is 5.81. The minimum absolute atomic E-state index is 0.120. The lowest BCUT2D eigenvalue weighted by Gasteiger charge is -2.40. The van der Waals surface area contributed by atoms with Crippen LogP contribution in [-0.4, -0.2) is 19.3 Å². The van der Waals surface area contributed by atoms with Crippen LogP contribution in [0.3, 0.4) is 0 Å². The molecular weight excluding hydrogens is 116 g/mol. The van der Waals surface area contributed by atoms with Crippen molar-refractivity contribution in [2.75, 3.05) is 13.7 Å². The van der Waals surface area contributed by atoms with Crippen LogP contribution >= 0.6 is 0 Å². The Labute approximate surface area is 55.5 Å². The van der Waals surface area contributed by atoms with Gasteiger partial charge < -0.3 is 4.74 Å². The molecular formula is C6H14N2O. The third kappa shape index (κ3) is 1.23. The smallest absolute Gasteiger partial charge is 0.0657 e. The van der Waals surface area contributed by atoms with E-state index in [4.69, 9.17) is 10.6 Å². The monoisotopic (exact) mass is 130 g/mol. The number of nitrogens with two attached hydrogens (primary N) is 1. The zero-order chi connectivity index (χ0) is 6.74. The van der Waals surface area contributed by atoms with Crippen LogP contribution in [0.1, 0.15) is 19.3 Å². The van der Waals surface area contributed by atoms with E-state index in [1.807, 2.05) is 0 Å².